The molecule has 2 fully saturated rings. The van der Waals surface area contributed by atoms with Gasteiger partial charge in [-0.3, -0.25) is 4.79 Å². The highest BCUT2D eigenvalue weighted by molar-refractivity contribution is 5.79. The summed E-state index contributed by atoms with van der Waals surface area (Å²) in [7, 11) is 0. The van der Waals surface area contributed by atoms with Crippen LogP contribution in [-0.2, 0) is 17.8 Å². The molecule has 176 valence electrons. The maximum absolute atomic E-state index is 13.3. The van der Waals surface area contributed by atoms with Gasteiger partial charge in [-0.05, 0) is 75.5 Å². The number of fused-ring (bicyclic) bond motifs is 1. The molecule has 0 aliphatic heterocycles. The number of hydrogen-bond donors (Lipinski definition) is 0. The number of carbonyl (C=O) groups is 1. The first-order valence-electron chi connectivity index (χ1n) is 13.4. The van der Waals surface area contributed by atoms with Crippen LogP contribution in [0.3, 0.4) is 0 Å². The van der Waals surface area contributed by atoms with Crippen molar-refractivity contribution in [3.63, 3.8) is 0 Å². The molecular weight excluding hydrogens is 394 g/mol. The third-order valence-corrected chi connectivity index (χ3v) is 8.27. The van der Waals surface area contributed by atoms with Gasteiger partial charge in [0.2, 0.25) is 5.91 Å². The van der Waals surface area contributed by atoms with Crippen molar-refractivity contribution in [1.82, 2.24) is 14.5 Å². The van der Waals surface area contributed by atoms with Crippen molar-refractivity contribution < 1.29 is 4.79 Å². The summed E-state index contributed by atoms with van der Waals surface area (Å²) in [6, 6.07) is 7.19. The van der Waals surface area contributed by atoms with Crippen molar-refractivity contribution in [2.75, 3.05) is 6.54 Å². The third-order valence-electron chi connectivity index (χ3n) is 8.27. The maximum Gasteiger partial charge on any atom is 0.224 e. The Hall–Kier alpha value is -1.84. The molecule has 4 nitrogen and oxygen atoms in total. The van der Waals surface area contributed by atoms with E-state index in [0.29, 0.717) is 24.3 Å². The number of amides is 1. The van der Waals surface area contributed by atoms with Crippen LogP contribution in [0.25, 0.3) is 11.0 Å². The van der Waals surface area contributed by atoms with Crippen LogP contribution in [-0.4, -0.2) is 32.9 Å². The molecule has 1 aromatic heterocycles. The van der Waals surface area contributed by atoms with Gasteiger partial charge in [0.05, 0.1) is 11.0 Å². The van der Waals surface area contributed by atoms with E-state index in [4.69, 9.17) is 4.98 Å². The molecule has 2 aliphatic carbocycles. The SMILES string of the molecule is CCc1ccc2c(c1)nc(C1CCC(CC)CC1)n2CCC(=O)N(CC)C1CCCCC1. The van der Waals surface area contributed by atoms with Crippen LogP contribution < -0.4 is 0 Å². The van der Waals surface area contributed by atoms with E-state index in [-0.39, 0.29) is 0 Å². The van der Waals surface area contributed by atoms with Gasteiger partial charge in [-0.1, -0.05) is 45.6 Å². The van der Waals surface area contributed by atoms with E-state index in [1.807, 2.05) is 0 Å². The Kier molecular flexibility index (Phi) is 7.91. The highest BCUT2D eigenvalue weighted by Crippen LogP contribution is 2.38. The monoisotopic (exact) mass is 437 g/mol. The molecule has 2 aliphatic rings. The van der Waals surface area contributed by atoms with Crippen LogP contribution in [0.2, 0.25) is 0 Å². The van der Waals surface area contributed by atoms with Gasteiger partial charge in [0.25, 0.3) is 0 Å². The molecule has 1 heterocycles. The van der Waals surface area contributed by atoms with E-state index in [1.165, 1.54) is 81.1 Å². The minimum atomic E-state index is 0.326. The second-order valence-corrected chi connectivity index (χ2v) is 10.1. The zero-order valence-corrected chi connectivity index (χ0v) is 20.6. The predicted molar refractivity (Wildman–Crippen MR) is 133 cm³/mol. The fraction of sp³-hybridized carbons (Fsp3) is 0.714. The predicted octanol–water partition coefficient (Wildman–Crippen LogP) is 6.85. The zero-order chi connectivity index (χ0) is 22.5. The number of hydrogen-bond acceptors (Lipinski definition) is 2. The minimum Gasteiger partial charge on any atom is -0.340 e. The van der Waals surface area contributed by atoms with Crippen LogP contribution >= 0.6 is 0 Å². The first kappa shape index (κ1) is 23.3. The Labute approximate surface area is 194 Å². The maximum atomic E-state index is 13.3. The van der Waals surface area contributed by atoms with Crippen molar-refractivity contribution in [2.45, 2.75) is 116 Å². The van der Waals surface area contributed by atoms with E-state index in [0.717, 1.165) is 30.9 Å². The summed E-state index contributed by atoms with van der Waals surface area (Å²) in [5.74, 6) is 2.97. The number of benzene rings is 1. The van der Waals surface area contributed by atoms with Crippen molar-refractivity contribution in [3.8, 4) is 0 Å². The Balaban J connectivity index is 1.55. The average Bonchev–Trinajstić information content (AvgIpc) is 3.21. The topological polar surface area (TPSA) is 38.1 Å². The molecule has 2 saturated carbocycles. The van der Waals surface area contributed by atoms with E-state index >= 15 is 0 Å². The third kappa shape index (κ3) is 5.05. The van der Waals surface area contributed by atoms with Crippen molar-refractivity contribution in [2.24, 2.45) is 5.92 Å². The molecule has 1 amide bonds. The molecule has 0 bridgehead atoms. The van der Waals surface area contributed by atoms with Crippen LogP contribution in [0.4, 0.5) is 0 Å². The molecule has 1 aromatic carbocycles. The van der Waals surface area contributed by atoms with Crippen molar-refractivity contribution >= 4 is 16.9 Å². The Morgan fingerprint density at radius 3 is 2.44 bits per heavy atom. The minimum absolute atomic E-state index is 0.326. The first-order valence-corrected chi connectivity index (χ1v) is 13.4. The molecule has 4 rings (SSSR count). The summed E-state index contributed by atoms with van der Waals surface area (Å²) in [5.41, 5.74) is 3.67. The summed E-state index contributed by atoms with van der Waals surface area (Å²) < 4.78 is 2.40. The summed E-state index contributed by atoms with van der Waals surface area (Å²) in [6.07, 6.45) is 14.2. The van der Waals surface area contributed by atoms with Gasteiger partial charge in [-0.25, -0.2) is 4.98 Å². The van der Waals surface area contributed by atoms with E-state index in [9.17, 15) is 4.79 Å². The van der Waals surface area contributed by atoms with Crippen molar-refractivity contribution in [3.05, 3.63) is 29.6 Å². The van der Waals surface area contributed by atoms with Gasteiger partial charge in [0.1, 0.15) is 5.82 Å². The standard InChI is InChI=1S/C28H43N3O/c1-4-21-12-15-23(16-13-21)28-29-25-20-22(5-2)14-17-26(25)31(28)19-18-27(32)30(6-3)24-10-8-7-9-11-24/h14,17,20-21,23-24H,4-13,15-16,18-19H2,1-3H3. The lowest BCUT2D eigenvalue weighted by Gasteiger charge is -2.34. The number of aromatic nitrogens is 2. The van der Waals surface area contributed by atoms with Crippen LogP contribution in [0.15, 0.2) is 18.2 Å². The lowest BCUT2D eigenvalue weighted by Crippen LogP contribution is -2.41. The smallest absolute Gasteiger partial charge is 0.224 e. The Morgan fingerprint density at radius 1 is 1.03 bits per heavy atom. The van der Waals surface area contributed by atoms with Crippen molar-refractivity contribution in [1.29, 1.82) is 0 Å². The highest BCUT2D eigenvalue weighted by Gasteiger charge is 2.28. The highest BCUT2D eigenvalue weighted by atomic mass is 16.2. The average molecular weight is 438 g/mol. The molecule has 0 N–H and O–H groups in total. The number of nitrogens with zero attached hydrogens (tertiary/aromatic N) is 3. The van der Waals surface area contributed by atoms with Crippen LogP contribution in [0.5, 0.6) is 0 Å². The second-order valence-electron chi connectivity index (χ2n) is 10.1. The molecule has 32 heavy (non-hydrogen) atoms. The van der Waals surface area contributed by atoms with Crippen LogP contribution in [0, 0.1) is 5.92 Å². The van der Waals surface area contributed by atoms with E-state index < -0.39 is 0 Å². The lowest BCUT2D eigenvalue weighted by molar-refractivity contribution is -0.134. The summed E-state index contributed by atoms with van der Waals surface area (Å²) in [4.78, 5) is 20.6. The van der Waals surface area contributed by atoms with Gasteiger partial charge >= 0.3 is 0 Å². The van der Waals surface area contributed by atoms with E-state index in [2.05, 4.69) is 48.4 Å². The molecular formula is C28H43N3O. The lowest BCUT2D eigenvalue weighted by atomic mass is 9.80. The number of aryl methyl sites for hydroxylation is 2. The Morgan fingerprint density at radius 2 is 1.78 bits per heavy atom. The fourth-order valence-corrected chi connectivity index (χ4v) is 6.17. The van der Waals surface area contributed by atoms with Gasteiger partial charge in [0.15, 0.2) is 0 Å². The molecule has 2 aromatic rings. The summed E-state index contributed by atoms with van der Waals surface area (Å²) in [5, 5.41) is 0. The molecule has 0 unspecified atom stereocenters. The Bertz CT molecular complexity index is 887. The van der Waals surface area contributed by atoms with Gasteiger partial charge in [-0.15, -0.1) is 0 Å². The summed E-state index contributed by atoms with van der Waals surface area (Å²) in [6.45, 7) is 8.26. The molecule has 4 heteroatoms. The van der Waals surface area contributed by atoms with Gasteiger partial charge in [-0.2, -0.15) is 0 Å². The first-order chi connectivity index (χ1) is 15.6. The quantitative estimate of drug-likeness (QED) is 0.453. The molecule has 0 atom stereocenters. The zero-order valence-electron chi connectivity index (χ0n) is 20.6. The number of carbonyl (C=O) groups excluding carboxylic acids is 1. The normalized spacial score (nSPS) is 22.3. The second kappa shape index (κ2) is 10.9. The van der Waals surface area contributed by atoms with Gasteiger partial charge in [0, 0.05) is 31.5 Å². The summed E-state index contributed by atoms with van der Waals surface area (Å²) >= 11 is 0. The van der Waals surface area contributed by atoms with Crippen LogP contribution in [0.1, 0.15) is 109 Å². The molecule has 0 radical (unpaired) electrons. The largest absolute Gasteiger partial charge is 0.340 e. The number of rotatable bonds is 8. The molecule has 0 saturated heterocycles. The fourth-order valence-electron chi connectivity index (χ4n) is 6.17. The number of imidazole rings is 1. The molecule has 0 spiro atoms. The van der Waals surface area contributed by atoms with E-state index in [1.54, 1.807) is 0 Å². The van der Waals surface area contributed by atoms with Gasteiger partial charge < -0.3 is 9.47 Å².